The van der Waals surface area contributed by atoms with Crippen molar-refractivity contribution in [3.05, 3.63) is 12.2 Å². The molecule has 19 heavy (non-hydrogen) atoms. The first-order chi connectivity index (χ1) is 9.24. The maximum Gasteiger partial charge on any atom is 0.233 e. The van der Waals surface area contributed by atoms with E-state index in [0.29, 0.717) is 17.8 Å². The number of fused-ring (bicyclic) bond motifs is 7. The van der Waals surface area contributed by atoms with Gasteiger partial charge in [0.05, 0.1) is 11.8 Å². The highest BCUT2D eigenvalue weighted by molar-refractivity contribution is 6.06. The molecule has 7 atom stereocenters. The van der Waals surface area contributed by atoms with Crippen molar-refractivity contribution in [2.45, 2.75) is 38.1 Å². The first-order valence-electron chi connectivity index (χ1n) is 7.79. The minimum atomic E-state index is 0.00151. The molecular formula is C16H19NO2. The molecule has 1 heterocycles. The van der Waals surface area contributed by atoms with Gasteiger partial charge in [-0.05, 0) is 49.4 Å². The largest absolute Gasteiger partial charge is 0.279 e. The van der Waals surface area contributed by atoms with Crippen molar-refractivity contribution in [2.24, 2.45) is 35.5 Å². The number of carbonyl (C=O) groups excluding carboxylic acids is 2. The van der Waals surface area contributed by atoms with Crippen LogP contribution in [-0.2, 0) is 9.59 Å². The highest BCUT2D eigenvalue weighted by Gasteiger charge is 2.61. The van der Waals surface area contributed by atoms with Gasteiger partial charge in [-0.25, -0.2) is 0 Å². The zero-order valence-electron chi connectivity index (χ0n) is 11.0. The van der Waals surface area contributed by atoms with Crippen molar-refractivity contribution in [1.82, 2.24) is 4.90 Å². The zero-order chi connectivity index (χ0) is 12.7. The van der Waals surface area contributed by atoms with Crippen LogP contribution in [0.3, 0.4) is 0 Å². The van der Waals surface area contributed by atoms with Crippen LogP contribution >= 0.6 is 0 Å². The molecule has 2 amide bonds. The fourth-order valence-electron chi connectivity index (χ4n) is 5.78. The summed E-state index contributed by atoms with van der Waals surface area (Å²) in [6.07, 6.45) is 10.3. The predicted octanol–water partition coefficient (Wildman–Crippen LogP) is 1.98. The standard InChI is InChI=1S/C16H19NO2/c18-15-13-10-3-4-11(7-10)14(13)16(19)17(15)12-6-8-1-2-9(12)5-8/h3-4,8-14H,1-2,5-7H2/t8-,9-,10-,11-,12+,13-,14+/m0/s1. The van der Waals surface area contributed by atoms with Crippen molar-refractivity contribution in [1.29, 1.82) is 0 Å². The molecule has 3 heteroatoms. The number of likely N-dealkylation sites (tertiary alicyclic amines) is 1. The van der Waals surface area contributed by atoms with E-state index < -0.39 is 0 Å². The molecule has 5 aliphatic rings. The van der Waals surface area contributed by atoms with Crippen LogP contribution < -0.4 is 0 Å². The number of hydrogen-bond acceptors (Lipinski definition) is 2. The van der Waals surface area contributed by atoms with Crippen LogP contribution in [0.1, 0.15) is 32.1 Å². The molecule has 100 valence electrons. The Hall–Kier alpha value is -1.12. The van der Waals surface area contributed by atoms with E-state index in [1.54, 1.807) is 4.90 Å². The Labute approximate surface area is 113 Å². The van der Waals surface area contributed by atoms with Gasteiger partial charge in [-0.3, -0.25) is 14.5 Å². The summed E-state index contributed by atoms with van der Waals surface area (Å²) in [6, 6.07) is 0.253. The fourth-order valence-corrected chi connectivity index (χ4v) is 5.78. The lowest BCUT2D eigenvalue weighted by Gasteiger charge is -2.31. The minimum absolute atomic E-state index is 0.00151. The molecule has 0 spiro atoms. The zero-order valence-corrected chi connectivity index (χ0v) is 11.0. The number of allylic oxidation sites excluding steroid dienone is 2. The van der Waals surface area contributed by atoms with E-state index >= 15 is 0 Å². The van der Waals surface area contributed by atoms with Crippen LogP contribution in [-0.4, -0.2) is 22.8 Å². The van der Waals surface area contributed by atoms with Gasteiger partial charge in [0.25, 0.3) is 0 Å². The van der Waals surface area contributed by atoms with Crippen molar-refractivity contribution in [3.8, 4) is 0 Å². The summed E-state index contributed by atoms with van der Waals surface area (Å²) < 4.78 is 0. The lowest BCUT2D eigenvalue weighted by atomic mass is 9.85. The van der Waals surface area contributed by atoms with Gasteiger partial charge in [-0.15, -0.1) is 0 Å². The van der Waals surface area contributed by atoms with Gasteiger partial charge < -0.3 is 0 Å². The number of carbonyl (C=O) groups is 2. The Morgan fingerprint density at radius 2 is 1.58 bits per heavy atom. The molecule has 1 aliphatic heterocycles. The molecule has 4 bridgehead atoms. The number of nitrogens with zero attached hydrogens (tertiary/aromatic N) is 1. The molecule has 0 aromatic carbocycles. The molecule has 4 fully saturated rings. The molecule has 5 rings (SSSR count). The average molecular weight is 257 g/mol. The van der Waals surface area contributed by atoms with E-state index in [4.69, 9.17) is 0 Å². The van der Waals surface area contributed by atoms with Crippen LogP contribution in [0.2, 0.25) is 0 Å². The van der Waals surface area contributed by atoms with Crippen molar-refractivity contribution < 1.29 is 9.59 Å². The van der Waals surface area contributed by atoms with Gasteiger partial charge >= 0.3 is 0 Å². The molecule has 3 saturated carbocycles. The Balaban J connectivity index is 1.50. The molecule has 0 N–H and O–H groups in total. The van der Waals surface area contributed by atoms with E-state index in [1.807, 2.05) is 0 Å². The Kier molecular flexibility index (Phi) is 1.85. The molecule has 3 nitrogen and oxygen atoms in total. The van der Waals surface area contributed by atoms with Crippen LogP contribution in [0.4, 0.5) is 0 Å². The van der Waals surface area contributed by atoms with E-state index in [2.05, 4.69) is 12.2 Å². The first kappa shape index (κ1) is 10.6. The third-order valence-electron chi connectivity index (χ3n) is 6.54. The van der Waals surface area contributed by atoms with E-state index in [9.17, 15) is 9.59 Å². The van der Waals surface area contributed by atoms with Crippen LogP contribution in [0.5, 0.6) is 0 Å². The Morgan fingerprint density at radius 3 is 2.11 bits per heavy atom. The Morgan fingerprint density at radius 1 is 0.895 bits per heavy atom. The average Bonchev–Trinajstić information content (AvgIpc) is 3.16. The normalized spacial score (nSPS) is 53.7. The molecule has 0 aromatic heterocycles. The molecule has 0 aromatic rings. The SMILES string of the molecule is O=C1[C@@H]2[C@H](C(=O)N1[C@@H]1C[C@H]3CC[C@H]1C3)[C@H]1C=C[C@H]2C1. The lowest BCUT2D eigenvalue weighted by Crippen LogP contribution is -2.44. The highest BCUT2D eigenvalue weighted by atomic mass is 16.2. The van der Waals surface area contributed by atoms with Crippen LogP contribution in [0.25, 0.3) is 0 Å². The monoisotopic (exact) mass is 257 g/mol. The van der Waals surface area contributed by atoms with Gasteiger partial charge in [0.1, 0.15) is 0 Å². The topological polar surface area (TPSA) is 37.4 Å². The lowest BCUT2D eigenvalue weighted by molar-refractivity contribution is -0.144. The van der Waals surface area contributed by atoms with Gasteiger partial charge in [0.2, 0.25) is 11.8 Å². The van der Waals surface area contributed by atoms with Crippen molar-refractivity contribution in [2.75, 3.05) is 0 Å². The second kappa shape index (κ2) is 3.31. The smallest absolute Gasteiger partial charge is 0.233 e. The summed E-state index contributed by atoms with van der Waals surface area (Å²) in [5.74, 6) is 2.45. The highest BCUT2D eigenvalue weighted by Crippen LogP contribution is 2.55. The first-order valence-corrected chi connectivity index (χ1v) is 7.79. The van der Waals surface area contributed by atoms with Crippen molar-refractivity contribution in [3.63, 3.8) is 0 Å². The maximum absolute atomic E-state index is 12.7. The summed E-state index contributed by atoms with van der Waals surface area (Å²) in [6.45, 7) is 0. The summed E-state index contributed by atoms with van der Waals surface area (Å²) in [5, 5.41) is 0. The van der Waals surface area contributed by atoms with Gasteiger partial charge in [-0.1, -0.05) is 18.6 Å². The van der Waals surface area contributed by atoms with Crippen LogP contribution in [0.15, 0.2) is 12.2 Å². The molecule has 4 aliphatic carbocycles. The summed E-state index contributed by atoms with van der Waals surface area (Å²) in [5.41, 5.74) is 0. The maximum atomic E-state index is 12.7. The molecule has 0 unspecified atom stereocenters. The summed E-state index contributed by atoms with van der Waals surface area (Å²) in [7, 11) is 0. The predicted molar refractivity (Wildman–Crippen MR) is 68.8 cm³/mol. The van der Waals surface area contributed by atoms with Crippen LogP contribution in [0, 0.1) is 35.5 Å². The summed E-state index contributed by atoms with van der Waals surface area (Å²) >= 11 is 0. The Bertz CT molecular complexity index is 481. The number of hydrogen-bond donors (Lipinski definition) is 0. The minimum Gasteiger partial charge on any atom is -0.279 e. The third kappa shape index (κ3) is 1.16. The van der Waals surface area contributed by atoms with E-state index in [1.165, 1.54) is 19.3 Å². The van der Waals surface area contributed by atoms with E-state index in [0.717, 1.165) is 18.8 Å². The third-order valence-corrected chi connectivity index (χ3v) is 6.54. The second-order valence-corrected chi connectivity index (χ2v) is 7.29. The fraction of sp³-hybridized carbons (Fsp3) is 0.750. The molecule has 1 saturated heterocycles. The number of amides is 2. The number of imide groups is 1. The summed E-state index contributed by atoms with van der Waals surface area (Å²) in [4.78, 5) is 27.2. The van der Waals surface area contributed by atoms with Crippen molar-refractivity contribution >= 4 is 11.8 Å². The van der Waals surface area contributed by atoms with E-state index in [-0.39, 0.29) is 29.7 Å². The van der Waals surface area contributed by atoms with Gasteiger partial charge in [0.15, 0.2) is 0 Å². The molecule has 0 radical (unpaired) electrons. The number of rotatable bonds is 1. The quantitative estimate of drug-likeness (QED) is 0.532. The van der Waals surface area contributed by atoms with Gasteiger partial charge in [-0.2, -0.15) is 0 Å². The second-order valence-electron chi connectivity index (χ2n) is 7.29. The molecular weight excluding hydrogens is 238 g/mol. The van der Waals surface area contributed by atoms with Gasteiger partial charge in [0, 0.05) is 6.04 Å².